The standard InChI is InChI=1S/C16H37NOSeSi3/c1-14(12-17-18)15(2)13-19-16(20(3,4)5,21(6,7)8)22(9,10)11/h12,18H,13H2,1-11H3/b15-14-,17-12-. The van der Waals surface area contributed by atoms with Gasteiger partial charge in [0.25, 0.3) is 0 Å². The molecule has 0 aliphatic heterocycles. The minimum absolute atomic E-state index is 0.626. The Kier molecular flexibility index (Phi) is 7.64. The van der Waals surface area contributed by atoms with Crippen molar-refractivity contribution in [3.63, 3.8) is 0 Å². The molecule has 1 N–H and O–H groups in total. The van der Waals surface area contributed by atoms with Crippen LogP contribution in [0.15, 0.2) is 16.3 Å². The van der Waals surface area contributed by atoms with Crippen molar-refractivity contribution >= 4 is 45.4 Å². The van der Waals surface area contributed by atoms with E-state index in [1.807, 2.05) is 0 Å². The molecule has 0 fully saturated rings. The predicted octanol–water partition coefficient (Wildman–Crippen LogP) is 5.70. The van der Waals surface area contributed by atoms with Crippen LogP contribution in [-0.2, 0) is 0 Å². The van der Waals surface area contributed by atoms with Gasteiger partial charge in [0.15, 0.2) is 0 Å². The van der Waals surface area contributed by atoms with Crippen LogP contribution in [-0.4, -0.2) is 50.6 Å². The molecule has 0 saturated heterocycles. The Balaban J connectivity index is 5.89. The van der Waals surface area contributed by atoms with Crippen LogP contribution in [0, 0.1) is 0 Å². The van der Waals surface area contributed by atoms with E-state index in [-0.39, 0.29) is 0 Å². The van der Waals surface area contributed by atoms with E-state index in [0.717, 1.165) is 5.57 Å². The Hall–Kier alpha value is 0.380. The fourth-order valence-corrected chi connectivity index (χ4v) is 43.5. The van der Waals surface area contributed by atoms with Crippen LogP contribution >= 0.6 is 0 Å². The van der Waals surface area contributed by atoms with Crippen molar-refractivity contribution < 1.29 is 5.21 Å². The van der Waals surface area contributed by atoms with E-state index >= 15 is 0 Å². The first-order valence-electron chi connectivity index (χ1n) is 8.09. The molecule has 2 nitrogen and oxygen atoms in total. The molecule has 0 aliphatic carbocycles. The zero-order valence-electron chi connectivity index (χ0n) is 16.6. The van der Waals surface area contributed by atoms with Gasteiger partial charge in [-0.15, -0.1) is 0 Å². The Morgan fingerprint density at radius 3 is 1.55 bits per heavy atom. The van der Waals surface area contributed by atoms with Crippen molar-refractivity contribution in [2.24, 2.45) is 5.16 Å². The van der Waals surface area contributed by atoms with E-state index in [2.05, 4.69) is 77.9 Å². The molecule has 0 aliphatic rings. The SMILES string of the molecule is CC(/C=N\O)=C(\C)C[Se]C([Si](C)(C)C)([Si](C)(C)C)[Si](C)(C)C. The van der Waals surface area contributed by atoms with E-state index in [1.54, 1.807) is 6.21 Å². The summed E-state index contributed by atoms with van der Waals surface area (Å²) in [5.74, 6) is 0. The van der Waals surface area contributed by atoms with Crippen molar-refractivity contribution in [3.8, 4) is 0 Å². The van der Waals surface area contributed by atoms with E-state index < -0.39 is 24.2 Å². The van der Waals surface area contributed by atoms with Gasteiger partial charge in [0.1, 0.15) is 0 Å². The van der Waals surface area contributed by atoms with Gasteiger partial charge in [-0.2, -0.15) is 0 Å². The second-order valence-electron chi connectivity index (χ2n) is 9.43. The van der Waals surface area contributed by atoms with E-state index in [1.165, 1.54) is 10.9 Å². The summed E-state index contributed by atoms with van der Waals surface area (Å²) < 4.78 is 0.665. The third-order valence-corrected chi connectivity index (χ3v) is 40.4. The summed E-state index contributed by atoms with van der Waals surface area (Å²) in [6, 6.07) is 0. The second kappa shape index (κ2) is 7.51. The second-order valence-corrected chi connectivity index (χ2v) is 31.6. The average molecular weight is 423 g/mol. The molecule has 0 spiro atoms. The molecular weight excluding hydrogens is 385 g/mol. The molecule has 0 aromatic heterocycles. The van der Waals surface area contributed by atoms with Gasteiger partial charge in [-0.1, -0.05) is 0 Å². The Morgan fingerprint density at radius 1 is 0.909 bits per heavy atom. The molecule has 22 heavy (non-hydrogen) atoms. The minimum atomic E-state index is -1.28. The summed E-state index contributed by atoms with van der Waals surface area (Å²) in [6.45, 7) is 27.7. The number of nitrogens with zero attached hydrogens (tertiary/aromatic N) is 1. The molecule has 130 valence electrons. The normalized spacial score (nSPS) is 16.1. The van der Waals surface area contributed by atoms with Crippen LogP contribution in [0.1, 0.15) is 13.8 Å². The zero-order chi connectivity index (χ0) is 18.0. The van der Waals surface area contributed by atoms with Gasteiger partial charge in [0.2, 0.25) is 0 Å². The molecule has 0 aromatic rings. The van der Waals surface area contributed by atoms with Gasteiger partial charge in [0.05, 0.1) is 0 Å². The van der Waals surface area contributed by atoms with Crippen molar-refractivity contribution in [2.75, 3.05) is 0 Å². The third-order valence-electron chi connectivity index (χ3n) is 4.60. The van der Waals surface area contributed by atoms with Gasteiger partial charge < -0.3 is 0 Å². The van der Waals surface area contributed by atoms with Crippen LogP contribution in [0.3, 0.4) is 0 Å². The van der Waals surface area contributed by atoms with Crippen LogP contribution in [0.2, 0.25) is 67.4 Å². The Bertz CT molecular complexity index is 404. The summed E-state index contributed by atoms with van der Waals surface area (Å²) in [7, 11) is -3.85. The first-order chi connectivity index (χ1) is 9.62. The van der Waals surface area contributed by atoms with Crippen molar-refractivity contribution in [3.05, 3.63) is 11.1 Å². The van der Waals surface area contributed by atoms with E-state index in [9.17, 15) is 0 Å². The summed E-state index contributed by atoms with van der Waals surface area (Å²) in [5, 5.41) is 13.2. The van der Waals surface area contributed by atoms with Crippen molar-refractivity contribution in [2.45, 2.75) is 81.3 Å². The molecule has 0 bridgehead atoms. The third kappa shape index (κ3) is 4.69. The van der Waals surface area contributed by atoms with Crippen LogP contribution in [0.25, 0.3) is 0 Å². The maximum absolute atomic E-state index is 8.76. The molecule has 0 aromatic carbocycles. The van der Waals surface area contributed by atoms with Crippen molar-refractivity contribution in [1.82, 2.24) is 0 Å². The van der Waals surface area contributed by atoms with Gasteiger partial charge in [-0.3, -0.25) is 0 Å². The quantitative estimate of drug-likeness (QED) is 0.243. The first-order valence-corrected chi connectivity index (χ1v) is 20.7. The Morgan fingerprint density at radius 2 is 1.27 bits per heavy atom. The van der Waals surface area contributed by atoms with Gasteiger partial charge in [-0.25, -0.2) is 0 Å². The van der Waals surface area contributed by atoms with Gasteiger partial charge in [0, 0.05) is 0 Å². The summed E-state index contributed by atoms with van der Waals surface area (Å²) in [6.07, 6.45) is 1.59. The molecular formula is C16H37NOSeSi3. The molecule has 0 amide bonds. The number of oxime groups is 1. The fourth-order valence-electron chi connectivity index (χ4n) is 4.55. The monoisotopic (exact) mass is 423 g/mol. The predicted molar refractivity (Wildman–Crippen MR) is 112 cm³/mol. The molecule has 0 atom stereocenters. The maximum atomic E-state index is 8.76. The first kappa shape index (κ1) is 22.4. The van der Waals surface area contributed by atoms with E-state index in [0.29, 0.717) is 18.1 Å². The van der Waals surface area contributed by atoms with Gasteiger partial charge >= 0.3 is 148 Å². The zero-order valence-corrected chi connectivity index (χ0v) is 21.3. The number of hydrogen-bond donors (Lipinski definition) is 1. The van der Waals surface area contributed by atoms with Crippen molar-refractivity contribution in [1.29, 1.82) is 0 Å². The molecule has 0 rings (SSSR count). The summed E-state index contributed by atoms with van der Waals surface area (Å²) in [5.41, 5.74) is 2.52. The van der Waals surface area contributed by atoms with Crippen LogP contribution in [0.5, 0.6) is 0 Å². The summed E-state index contributed by atoms with van der Waals surface area (Å²) >= 11 is 0.626. The summed E-state index contributed by atoms with van der Waals surface area (Å²) in [4.78, 5) is 0. The number of allylic oxidation sites excluding steroid dienone is 2. The average Bonchev–Trinajstić information content (AvgIpc) is 2.23. The van der Waals surface area contributed by atoms with E-state index in [4.69, 9.17) is 5.21 Å². The van der Waals surface area contributed by atoms with Crippen LogP contribution in [0.4, 0.5) is 0 Å². The van der Waals surface area contributed by atoms with Gasteiger partial charge in [-0.05, 0) is 0 Å². The molecule has 0 saturated carbocycles. The molecule has 6 heteroatoms. The number of hydrogen-bond acceptors (Lipinski definition) is 2. The molecule has 0 radical (unpaired) electrons. The number of rotatable bonds is 7. The topological polar surface area (TPSA) is 32.6 Å². The molecule has 0 heterocycles. The molecule has 0 unspecified atom stereocenters. The Labute approximate surface area is 148 Å². The fraction of sp³-hybridized carbons (Fsp3) is 0.812. The van der Waals surface area contributed by atoms with Crippen LogP contribution < -0.4 is 0 Å².